The molecule has 0 bridgehead atoms. The smallest absolute Gasteiger partial charge is 0.336 e. The maximum atomic E-state index is 11.9. The summed E-state index contributed by atoms with van der Waals surface area (Å²) in [5.74, 6) is 0.687. The van der Waals surface area contributed by atoms with E-state index in [1.165, 1.54) is 0 Å². The van der Waals surface area contributed by atoms with Crippen molar-refractivity contribution in [2.75, 3.05) is 13.1 Å². The van der Waals surface area contributed by atoms with Crippen molar-refractivity contribution in [3.63, 3.8) is 0 Å². The molecule has 20 heavy (non-hydrogen) atoms. The van der Waals surface area contributed by atoms with E-state index in [-0.39, 0.29) is 12.1 Å². The molecule has 1 rings (SSSR count). The number of nitrogens with zero attached hydrogens (tertiary/aromatic N) is 4. The molecule has 0 saturated heterocycles. The van der Waals surface area contributed by atoms with E-state index in [1.807, 2.05) is 13.8 Å². The highest BCUT2D eigenvalue weighted by atomic mass is 16.2. The molecule has 1 aliphatic heterocycles. The number of rotatable bonds is 4. The third kappa shape index (κ3) is 3.94. The number of urea groups is 2. The maximum Gasteiger partial charge on any atom is 0.343 e. The van der Waals surface area contributed by atoms with Crippen LogP contribution in [0.15, 0.2) is 10.2 Å². The summed E-state index contributed by atoms with van der Waals surface area (Å²) in [5.41, 5.74) is 0. The summed E-state index contributed by atoms with van der Waals surface area (Å²) in [6.45, 7) is 8.32. The third-order valence-corrected chi connectivity index (χ3v) is 2.54. The largest absolute Gasteiger partial charge is 0.343 e. The summed E-state index contributed by atoms with van der Waals surface area (Å²) in [6, 6.07) is -0.692. The maximum absolute atomic E-state index is 11.9. The van der Waals surface area contributed by atoms with E-state index < -0.39 is 0 Å². The van der Waals surface area contributed by atoms with Crippen LogP contribution in [0.2, 0.25) is 0 Å². The van der Waals surface area contributed by atoms with E-state index in [0.717, 1.165) is 22.9 Å². The van der Waals surface area contributed by atoms with Crippen molar-refractivity contribution >= 4 is 23.7 Å². The van der Waals surface area contributed by atoms with Gasteiger partial charge in [-0.2, -0.15) is 10.0 Å². The molecular weight excluding hydrogens is 260 g/mol. The van der Waals surface area contributed by atoms with Crippen LogP contribution in [0.4, 0.5) is 9.59 Å². The van der Waals surface area contributed by atoms with Gasteiger partial charge in [-0.05, 0) is 26.7 Å². The average Bonchev–Trinajstić information content (AvgIpc) is 2.44. The van der Waals surface area contributed by atoms with Crippen LogP contribution >= 0.6 is 0 Å². The van der Waals surface area contributed by atoms with E-state index in [2.05, 4.69) is 20.8 Å². The van der Waals surface area contributed by atoms with Gasteiger partial charge in [0.05, 0.1) is 0 Å². The van der Waals surface area contributed by atoms with Crippen LogP contribution in [0.1, 0.15) is 40.5 Å². The lowest BCUT2D eigenvalue weighted by Gasteiger charge is -2.27. The lowest BCUT2D eigenvalue weighted by Crippen LogP contribution is -2.48. The van der Waals surface area contributed by atoms with Gasteiger partial charge in [0.15, 0.2) is 11.7 Å². The Morgan fingerprint density at radius 3 is 1.55 bits per heavy atom. The van der Waals surface area contributed by atoms with Gasteiger partial charge in [0.2, 0.25) is 0 Å². The van der Waals surface area contributed by atoms with Gasteiger partial charge in [0.1, 0.15) is 0 Å². The Kier molecular flexibility index (Phi) is 5.95. The first-order valence-electron chi connectivity index (χ1n) is 6.77. The van der Waals surface area contributed by atoms with Crippen LogP contribution < -0.4 is 10.6 Å². The van der Waals surface area contributed by atoms with Crippen LogP contribution in [0, 0.1) is 0 Å². The molecular formula is C12H22N6O2. The minimum absolute atomic E-state index is 0.343. The Labute approximate surface area is 118 Å². The fourth-order valence-corrected chi connectivity index (χ4v) is 1.52. The molecule has 0 radical (unpaired) electrons. The Hall–Kier alpha value is -2.12. The van der Waals surface area contributed by atoms with Gasteiger partial charge < -0.3 is 10.6 Å². The molecule has 0 unspecified atom stereocenters. The summed E-state index contributed by atoms with van der Waals surface area (Å²) in [4.78, 5) is 23.7. The zero-order valence-corrected chi connectivity index (χ0v) is 12.4. The average molecular weight is 282 g/mol. The summed E-state index contributed by atoms with van der Waals surface area (Å²) < 4.78 is 0. The molecule has 1 heterocycles. The molecule has 0 spiro atoms. The van der Waals surface area contributed by atoms with E-state index in [0.29, 0.717) is 24.8 Å². The minimum Gasteiger partial charge on any atom is -0.336 e. The Morgan fingerprint density at radius 2 is 1.25 bits per heavy atom. The highest BCUT2D eigenvalue weighted by Gasteiger charge is 2.26. The zero-order chi connectivity index (χ0) is 15.1. The van der Waals surface area contributed by atoms with E-state index in [9.17, 15) is 9.59 Å². The summed E-state index contributed by atoms with van der Waals surface area (Å²) in [7, 11) is 0. The normalized spacial score (nSPS) is 14.6. The zero-order valence-electron chi connectivity index (χ0n) is 12.4. The van der Waals surface area contributed by atoms with Crippen LogP contribution in [0.3, 0.4) is 0 Å². The fourth-order valence-electron chi connectivity index (χ4n) is 1.52. The van der Waals surface area contributed by atoms with Crippen molar-refractivity contribution in [1.82, 2.24) is 20.7 Å². The minimum atomic E-state index is -0.346. The SMILES string of the molecule is CCCNC(=O)N1N=C(C)N(C(=O)NCCC)N=C1C. The number of carbonyl (C=O) groups excluding carboxylic acids is 2. The first kappa shape index (κ1) is 15.9. The first-order chi connectivity index (χ1) is 9.51. The number of hydrogen-bond acceptors (Lipinski definition) is 4. The van der Waals surface area contributed by atoms with Crippen LogP contribution in [0.5, 0.6) is 0 Å². The van der Waals surface area contributed by atoms with Crippen molar-refractivity contribution in [2.45, 2.75) is 40.5 Å². The number of amidine groups is 2. The molecule has 0 atom stereocenters. The highest BCUT2D eigenvalue weighted by molar-refractivity contribution is 6.04. The molecule has 0 aromatic rings. The molecule has 0 aromatic carbocycles. The van der Waals surface area contributed by atoms with Crippen molar-refractivity contribution in [3.05, 3.63) is 0 Å². The van der Waals surface area contributed by atoms with E-state index >= 15 is 0 Å². The molecule has 1 aliphatic rings. The van der Waals surface area contributed by atoms with Gasteiger partial charge in [-0.3, -0.25) is 0 Å². The van der Waals surface area contributed by atoms with Crippen LogP contribution in [0.25, 0.3) is 0 Å². The summed E-state index contributed by atoms with van der Waals surface area (Å²) in [6.07, 6.45) is 1.67. The van der Waals surface area contributed by atoms with Gasteiger partial charge >= 0.3 is 12.1 Å². The molecule has 2 N–H and O–H groups in total. The molecule has 112 valence electrons. The van der Waals surface area contributed by atoms with Crippen molar-refractivity contribution in [1.29, 1.82) is 0 Å². The van der Waals surface area contributed by atoms with Crippen molar-refractivity contribution in [2.24, 2.45) is 10.2 Å². The number of amides is 4. The van der Waals surface area contributed by atoms with Gasteiger partial charge in [-0.15, -0.1) is 10.2 Å². The lowest BCUT2D eigenvalue weighted by atomic mass is 10.5. The topological polar surface area (TPSA) is 89.4 Å². The molecule has 4 amide bonds. The number of hydrazone groups is 2. The predicted octanol–water partition coefficient (Wildman–Crippen LogP) is 1.51. The molecule has 8 nitrogen and oxygen atoms in total. The fraction of sp³-hybridized carbons (Fsp3) is 0.667. The van der Waals surface area contributed by atoms with E-state index in [1.54, 1.807) is 13.8 Å². The second-order valence-corrected chi connectivity index (χ2v) is 4.38. The number of nitrogens with one attached hydrogen (secondary N) is 2. The van der Waals surface area contributed by atoms with Crippen molar-refractivity contribution in [3.8, 4) is 0 Å². The molecule has 0 aromatic heterocycles. The van der Waals surface area contributed by atoms with Crippen LogP contribution in [-0.2, 0) is 0 Å². The Morgan fingerprint density at radius 1 is 0.900 bits per heavy atom. The predicted molar refractivity (Wildman–Crippen MR) is 77.3 cm³/mol. The Balaban J connectivity index is 2.75. The first-order valence-corrected chi connectivity index (χ1v) is 6.77. The van der Waals surface area contributed by atoms with E-state index in [4.69, 9.17) is 0 Å². The van der Waals surface area contributed by atoms with Gasteiger partial charge in [0.25, 0.3) is 0 Å². The summed E-state index contributed by atoms with van der Waals surface area (Å²) >= 11 is 0. The molecule has 0 saturated carbocycles. The molecule has 0 fully saturated rings. The monoisotopic (exact) mass is 282 g/mol. The lowest BCUT2D eigenvalue weighted by molar-refractivity contribution is 0.210. The number of carbonyl (C=O) groups is 2. The van der Waals surface area contributed by atoms with Crippen LogP contribution in [-0.4, -0.2) is 46.8 Å². The van der Waals surface area contributed by atoms with Gasteiger partial charge in [-0.25, -0.2) is 9.59 Å². The summed E-state index contributed by atoms with van der Waals surface area (Å²) in [5, 5.41) is 15.9. The second-order valence-electron chi connectivity index (χ2n) is 4.38. The highest BCUT2D eigenvalue weighted by Crippen LogP contribution is 2.08. The standard InChI is InChI=1S/C12H22N6O2/c1-5-7-13-11(19)17-9(3)16-18(10(4)15-17)12(20)14-8-6-2/h5-8H2,1-4H3,(H,13,19)(H,14,20). The molecule has 0 aliphatic carbocycles. The quantitative estimate of drug-likeness (QED) is 0.818. The van der Waals surface area contributed by atoms with Crippen molar-refractivity contribution < 1.29 is 9.59 Å². The third-order valence-electron chi connectivity index (χ3n) is 2.54. The van der Waals surface area contributed by atoms with Gasteiger partial charge in [0, 0.05) is 13.1 Å². The Bertz CT molecular complexity index is 392. The van der Waals surface area contributed by atoms with Gasteiger partial charge in [-0.1, -0.05) is 13.8 Å². The molecule has 8 heteroatoms. The number of hydrogen-bond donors (Lipinski definition) is 2. The second kappa shape index (κ2) is 7.46.